The Morgan fingerprint density at radius 1 is 0.711 bits per heavy atom. The van der Waals surface area contributed by atoms with Crippen LogP contribution in [0.2, 0.25) is 0 Å². The van der Waals surface area contributed by atoms with E-state index in [1.165, 1.54) is 0 Å². The van der Waals surface area contributed by atoms with Crippen molar-refractivity contribution in [3.63, 3.8) is 0 Å². The first-order valence-corrected chi connectivity index (χ1v) is 12.7. The highest BCUT2D eigenvalue weighted by Crippen LogP contribution is 2.28. The smallest absolute Gasteiger partial charge is 0.154 e. The lowest BCUT2D eigenvalue weighted by atomic mass is 10.1. The summed E-state index contributed by atoms with van der Waals surface area (Å²) < 4.78 is 33.7. The van der Waals surface area contributed by atoms with Gasteiger partial charge in [0.25, 0.3) is 0 Å². The first kappa shape index (κ1) is 29.6. The quantitative estimate of drug-likeness (QED) is 0.232. The number of rotatable bonds is 13. The Bertz CT molecular complexity index is 1010. The summed E-state index contributed by atoms with van der Waals surface area (Å²) in [5.74, 6) is 0. The summed E-state index contributed by atoms with van der Waals surface area (Å²) in [7, 11) is 3.21. The van der Waals surface area contributed by atoms with E-state index in [2.05, 4.69) is 9.47 Å². The normalized spacial score (nSPS) is 20.6. The number of carbonyl (C=O) groups excluding carboxylic acids is 1. The molecule has 0 N–H and O–H groups in total. The second kappa shape index (κ2) is 16.8. The van der Waals surface area contributed by atoms with Gasteiger partial charge in [-0.15, -0.1) is 0 Å². The molecule has 7 heteroatoms. The summed E-state index contributed by atoms with van der Waals surface area (Å²) in [4.78, 5) is 11.8. The van der Waals surface area contributed by atoms with E-state index in [0.29, 0.717) is 26.4 Å². The molecule has 1 saturated heterocycles. The van der Waals surface area contributed by atoms with Crippen molar-refractivity contribution in [2.75, 3.05) is 20.8 Å². The standard InChI is InChI=1S/C27H28O5.C4H10O2/c28-16-24-26(30-18-22-12-6-2-7-13-22)27(31-19-23-14-8-3-9-15-23)25(32-24)20-29-17-21-10-4-1-5-11-21;1-4(5-2)6-3/h1-16,24-27H,17-20H2;4H,1-3H3/t24-,25-,26-,27+;/m0./s1. The van der Waals surface area contributed by atoms with Crippen molar-refractivity contribution in [2.24, 2.45) is 0 Å². The van der Waals surface area contributed by atoms with Crippen LogP contribution >= 0.6 is 0 Å². The Morgan fingerprint density at radius 2 is 1.16 bits per heavy atom. The number of methoxy groups -OCH3 is 2. The molecule has 0 saturated carbocycles. The zero-order valence-corrected chi connectivity index (χ0v) is 22.3. The van der Waals surface area contributed by atoms with Crippen LogP contribution in [0.3, 0.4) is 0 Å². The first-order valence-electron chi connectivity index (χ1n) is 12.7. The van der Waals surface area contributed by atoms with Crippen molar-refractivity contribution in [1.82, 2.24) is 0 Å². The number of benzene rings is 3. The van der Waals surface area contributed by atoms with Gasteiger partial charge in [-0.25, -0.2) is 0 Å². The molecule has 4 atom stereocenters. The summed E-state index contributed by atoms with van der Waals surface area (Å²) in [5.41, 5.74) is 3.16. The average molecular weight is 523 g/mol. The van der Waals surface area contributed by atoms with Gasteiger partial charge in [0.15, 0.2) is 12.6 Å². The molecule has 204 valence electrons. The van der Waals surface area contributed by atoms with Crippen LogP contribution < -0.4 is 0 Å². The van der Waals surface area contributed by atoms with Crippen LogP contribution in [0, 0.1) is 0 Å². The topological polar surface area (TPSA) is 72.5 Å². The maximum absolute atomic E-state index is 11.8. The number of hydrogen-bond acceptors (Lipinski definition) is 7. The molecule has 3 aromatic rings. The maximum atomic E-state index is 11.8. The van der Waals surface area contributed by atoms with Crippen molar-refractivity contribution in [3.05, 3.63) is 108 Å². The largest absolute Gasteiger partial charge is 0.374 e. The molecular formula is C31H38O7. The fourth-order valence-corrected chi connectivity index (χ4v) is 3.89. The molecule has 7 nitrogen and oxygen atoms in total. The highest BCUT2D eigenvalue weighted by Gasteiger charge is 2.46. The second-order valence-electron chi connectivity index (χ2n) is 8.84. The second-order valence-corrected chi connectivity index (χ2v) is 8.84. The molecule has 0 aliphatic carbocycles. The van der Waals surface area contributed by atoms with Crippen molar-refractivity contribution in [3.8, 4) is 0 Å². The fourth-order valence-electron chi connectivity index (χ4n) is 3.89. The van der Waals surface area contributed by atoms with E-state index in [-0.39, 0.29) is 6.29 Å². The average Bonchev–Trinajstić information content (AvgIpc) is 3.32. The van der Waals surface area contributed by atoms with Gasteiger partial charge < -0.3 is 33.2 Å². The van der Waals surface area contributed by atoms with Crippen LogP contribution in [0.1, 0.15) is 23.6 Å². The van der Waals surface area contributed by atoms with E-state index < -0.39 is 24.4 Å². The fraction of sp³-hybridized carbons (Fsp3) is 0.387. The van der Waals surface area contributed by atoms with E-state index in [4.69, 9.17) is 18.9 Å². The van der Waals surface area contributed by atoms with Gasteiger partial charge in [-0.2, -0.15) is 0 Å². The Morgan fingerprint density at radius 3 is 1.58 bits per heavy atom. The van der Waals surface area contributed by atoms with E-state index in [1.54, 1.807) is 14.2 Å². The zero-order valence-electron chi connectivity index (χ0n) is 22.3. The zero-order chi connectivity index (χ0) is 27.0. The SMILES string of the molecule is COC(C)OC.O=C[C@@H]1O[C@@H](COCc2ccccc2)[C@@H](OCc2ccccc2)[C@H]1OCc1ccccc1. The monoisotopic (exact) mass is 522 g/mol. The lowest BCUT2D eigenvalue weighted by Crippen LogP contribution is -2.39. The molecule has 0 unspecified atom stereocenters. The van der Waals surface area contributed by atoms with Gasteiger partial charge in [0, 0.05) is 14.2 Å². The Balaban J connectivity index is 0.000000599. The van der Waals surface area contributed by atoms with Crippen molar-refractivity contribution < 1.29 is 33.2 Å². The third-order valence-electron chi connectivity index (χ3n) is 6.11. The molecule has 38 heavy (non-hydrogen) atoms. The van der Waals surface area contributed by atoms with Gasteiger partial charge >= 0.3 is 0 Å². The summed E-state index contributed by atoms with van der Waals surface area (Å²) in [6, 6.07) is 29.8. The molecule has 1 fully saturated rings. The highest BCUT2D eigenvalue weighted by atomic mass is 16.7. The molecule has 1 aliphatic heterocycles. The van der Waals surface area contributed by atoms with Gasteiger partial charge in [0.1, 0.15) is 24.4 Å². The van der Waals surface area contributed by atoms with Crippen LogP contribution in [0.4, 0.5) is 0 Å². The van der Waals surface area contributed by atoms with Gasteiger partial charge in [-0.3, -0.25) is 0 Å². The van der Waals surface area contributed by atoms with Crippen molar-refractivity contribution in [1.29, 1.82) is 0 Å². The van der Waals surface area contributed by atoms with Gasteiger partial charge in [0.05, 0.1) is 26.4 Å². The lowest BCUT2D eigenvalue weighted by molar-refractivity contribution is -0.124. The van der Waals surface area contributed by atoms with E-state index in [0.717, 1.165) is 23.0 Å². The van der Waals surface area contributed by atoms with Crippen LogP contribution in [0.15, 0.2) is 91.0 Å². The first-order chi connectivity index (χ1) is 18.6. The Hall–Kier alpha value is -2.91. The molecule has 0 radical (unpaired) electrons. The lowest BCUT2D eigenvalue weighted by Gasteiger charge is -2.24. The molecule has 1 aliphatic rings. The van der Waals surface area contributed by atoms with Crippen LogP contribution in [-0.2, 0) is 53.0 Å². The molecule has 3 aromatic carbocycles. The predicted molar refractivity (Wildman–Crippen MR) is 144 cm³/mol. The van der Waals surface area contributed by atoms with Gasteiger partial charge in [0.2, 0.25) is 0 Å². The predicted octanol–water partition coefficient (Wildman–Crippen LogP) is 4.97. The molecule has 0 spiro atoms. The minimum Gasteiger partial charge on any atom is -0.374 e. The van der Waals surface area contributed by atoms with Crippen LogP contribution in [0.5, 0.6) is 0 Å². The Kier molecular flexibility index (Phi) is 13.1. The number of aldehydes is 1. The van der Waals surface area contributed by atoms with E-state index in [1.807, 2.05) is 97.9 Å². The summed E-state index contributed by atoms with van der Waals surface area (Å²) in [5, 5.41) is 0. The molecule has 1 heterocycles. The van der Waals surface area contributed by atoms with Gasteiger partial charge in [-0.1, -0.05) is 91.0 Å². The van der Waals surface area contributed by atoms with Crippen molar-refractivity contribution >= 4 is 6.29 Å². The molecule has 0 aromatic heterocycles. The van der Waals surface area contributed by atoms with E-state index >= 15 is 0 Å². The highest BCUT2D eigenvalue weighted by molar-refractivity contribution is 5.58. The molecule has 0 amide bonds. The number of carbonyl (C=O) groups is 1. The third-order valence-corrected chi connectivity index (χ3v) is 6.11. The minimum absolute atomic E-state index is 0.0648. The van der Waals surface area contributed by atoms with Crippen LogP contribution in [0.25, 0.3) is 0 Å². The van der Waals surface area contributed by atoms with Crippen LogP contribution in [-0.4, -0.2) is 57.8 Å². The number of ether oxygens (including phenoxy) is 6. The number of hydrogen-bond donors (Lipinski definition) is 0. The Labute approximate surface area is 225 Å². The summed E-state index contributed by atoms with van der Waals surface area (Å²) in [6.07, 6.45) is -1.31. The third kappa shape index (κ3) is 9.76. The van der Waals surface area contributed by atoms with Gasteiger partial charge in [-0.05, 0) is 23.6 Å². The van der Waals surface area contributed by atoms with Crippen molar-refractivity contribution in [2.45, 2.75) is 57.5 Å². The molecule has 0 bridgehead atoms. The summed E-state index contributed by atoms with van der Waals surface area (Å²) in [6.45, 7) is 3.39. The van der Waals surface area contributed by atoms with E-state index in [9.17, 15) is 4.79 Å². The minimum atomic E-state index is -0.704. The molecular weight excluding hydrogens is 484 g/mol. The summed E-state index contributed by atoms with van der Waals surface area (Å²) >= 11 is 0. The maximum Gasteiger partial charge on any atom is 0.154 e. The molecule has 4 rings (SSSR count).